The standard InChI is InChI=1S/C13H13BrN2O2/c14-10-4-5-13(17)16(9-10)6-7-18-12-3-1-2-11(15)8-12/h1-5,8-9H,6-7,15H2. The Labute approximate surface area is 113 Å². The average molecular weight is 309 g/mol. The van der Waals surface area contributed by atoms with E-state index in [9.17, 15) is 4.79 Å². The van der Waals surface area contributed by atoms with E-state index >= 15 is 0 Å². The molecular weight excluding hydrogens is 296 g/mol. The first kappa shape index (κ1) is 12.7. The first-order chi connectivity index (χ1) is 8.65. The van der Waals surface area contributed by atoms with Crippen molar-refractivity contribution in [1.82, 2.24) is 4.57 Å². The van der Waals surface area contributed by atoms with Crippen molar-refractivity contribution in [2.45, 2.75) is 6.54 Å². The molecule has 0 spiro atoms. The van der Waals surface area contributed by atoms with Gasteiger partial charge in [0.25, 0.3) is 5.56 Å². The molecule has 0 aliphatic heterocycles. The third-order valence-electron chi connectivity index (χ3n) is 2.41. The summed E-state index contributed by atoms with van der Waals surface area (Å²) in [6, 6.07) is 10.5. The van der Waals surface area contributed by atoms with Crippen molar-refractivity contribution in [3.05, 3.63) is 57.4 Å². The lowest BCUT2D eigenvalue weighted by atomic mass is 10.3. The van der Waals surface area contributed by atoms with Crippen molar-refractivity contribution in [2.75, 3.05) is 12.3 Å². The Morgan fingerprint density at radius 3 is 2.89 bits per heavy atom. The molecule has 5 heteroatoms. The lowest BCUT2D eigenvalue weighted by Gasteiger charge is -2.08. The van der Waals surface area contributed by atoms with Crippen LogP contribution < -0.4 is 16.0 Å². The molecule has 18 heavy (non-hydrogen) atoms. The second-order valence-corrected chi connectivity index (χ2v) is 4.72. The predicted molar refractivity (Wildman–Crippen MR) is 74.8 cm³/mol. The highest BCUT2D eigenvalue weighted by Crippen LogP contribution is 2.14. The molecule has 0 unspecified atom stereocenters. The number of nitrogens with zero attached hydrogens (tertiary/aromatic N) is 1. The Morgan fingerprint density at radius 1 is 1.28 bits per heavy atom. The third-order valence-corrected chi connectivity index (χ3v) is 2.88. The maximum absolute atomic E-state index is 11.5. The van der Waals surface area contributed by atoms with Gasteiger partial charge in [-0.25, -0.2) is 0 Å². The van der Waals surface area contributed by atoms with Crippen LogP contribution in [0.5, 0.6) is 5.75 Å². The van der Waals surface area contributed by atoms with Gasteiger partial charge >= 0.3 is 0 Å². The minimum atomic E-state index is -0.0469. The van der Waals surface area contributed by atoms with Gasteiger partial charge in [-0.05, 0) is 34.1 Å². The number of hydrogen-bond acceptors (Lipinski definition) is 3. The zero-order chi connectivity index (χ0) is 13.0. The molecule has 2 N–H and O–H groups in total. The maximum Gasteiger partial charge on any atom is 0.250 e. The highest BCUT2D eigenvalue weighted by atomic mass is 79.9. The summed E-state index contributed by atoms with van der Waals surface area (Å²) < 4.78 is 7.99. The van der Waals surface area contributed by atoms with Crippen LogP contribution in [0.1, 0.15) is 0 Å². The van der Waals surface area contributed by atoms with Gasteiger partial charge in [0.2, 0.25) is 0 Å². The minimum Gasteiger partial charge on any atom is -0.492 e. The van der Waals surface area contributed by atoms with Gasteiger partial charge in [0.15, 0.2) is 0 Å². The van der Waals surface area contributed by atoms with Gasteiger partial charge in [-0.15, -0.1) is 0 Å². The second kappa shape index (κ2) is 5.73. The number of nitrogen functional groups attached to an aromatic ring is 1. The third kappa shape index (κ3) is 3.37. The quantitative estimate of drug-likeness (QED) is 0.882. The van der Waals surface area contributed by atoms with Crippen LogP contribution in [0.2, 0.25) is 0 Å². The number of pyridine rings is 1. The SMILES string of the molecule is Nc1cccc(OCCn2cc(Br)ccc2=O)c1. The Kier molecular flexibility index (Phi) is 4.04. The first-order valence-electron chi connectivity index (χ1n) is 5.49. The number of halogens is 1. The van der Waals surface area contributed by atoms with Crippen molar-refractivity contribution < 1.29 is 4.74 Å². The highest BCUT2D eigenvalue weighted by Gasteiger charge is 1.98. The summed E-state index contributed by atoms with van der Waals surface area (Å²) in [5.74, 6) is 0.707. The zero-order valence-electron chi connectivity index (χ0n) is 9.67. The predicted octanol–water partition coefficient (Wildman–Crippen LogP) is 2.27. The van der Waals surface area contributed by atoms with Gasteiger partial charge in [0.1, 0.15) is 12.4 Å². The van der Waals surface area contributed by atoms with Crippen LogP contribution in [0, 0.1) is 0 Å². The Hall–Kier alpha value is -1.75. The number of benzene rings is 1. The van der Waals surface area contributed by atoms with E-state index in [0.717, 1.165) is 4.47 Å². The summed E-state index contributed by atoms with van der Waals surface area (Å²) in [5.41, 5.74) is 6.26. The van der Waals surface area contributed by atoms with Crippen molar-refractivity contribution in [2.24, 2.45) is 0 Å². The van der Waals surface area contributed by atoms with E-state index in [2.05, 4.69) is 15.9 Å². The van der Waals surface area contributed by atoms with Gasteiger partial charge in [-0.1, -0.05) is 6.07 Å². The minimum absolute atomic E-state index is 0.0469. The molecule has 2 rings (SSSR count). The van der Waals surface area contributed by atoms with E-state index in [4.69, 9.17) is 10.5 Å². The van der Waals surface area contributed by atoms with Crippen LogP contribution in [0.25, 0.3) is 0 Å². The van der Waals surface area contributed by atoms with Gasteiger partial charge in [-0.2, -0.15) is 0 Å². The fraction of sp³-hybridized carbons (Fsp3) is 0.154. The molecule has 1 aromatic heterocycles. The Bertz CT molecular complexity index is 596. The van der Waals surface area contributed by atoms with E-state index in [1.807, 2.05) is 12.1 Å². The van der Waals surface area contributed by atoms with Crippen LogP contribution in [0.4, 0.5) is 5.69 Å². The molecule has 0 aliphatic carbocycles. The molecule has 0 aliphatic rings. The number of nitrogens with two attached hydrogens (primary N) is 1. The molecule has 2 aromatic rings. The number of ether oxygens (including phenoxy) is 1. The summed E-state index contributed by atoms with van der Waals surface area (Å²) >= 11 is 3.33. The number of rotatable bonds is 4. The normalized spacial score (nSPS) is 10.3. The van der Waals surface area contributed by atoms with Gasteiger partial charge in [0.05, 0.1) is 6.54 Å². The molecule has 0 amide bonds. The molecular formula is C13H13BrN2O2. The second-order valence-electron chi connectivity index (χ2n) is 3.80. The smallest absolute Gasteiger partial charge is 0.250 e. The van der Waals surface area contributed by atoms with Gasteiger partial charge in [-0.3, -0.25) is 4.79 Å². The van der Waals surface area contributed by atoms with Crippen LogP contribution >= 0.6 is 15.9 Å². The lowest BCUT2D eigenvalue weighted by molar-refractivity contribution is 0.296. The van der Waals surface area contributed by atoms with Gasteiger partial charge < -0.3 is 15.0 Å². The molecule has 4 nitrogen and oxygen atoms in total. The Balaban J connectivity index is 1.96. The largest absolute Gasteiger partial charge is 0.492 e. The van der Waals surface area contributed by atoms with Crippen LogP contribution in [-0.2, 0) is 6.54 Å². The molecule has 94 valence electrons. The summed E-state index contributed by atoms with van der Waals surface area (Å²) in [6.07, 6.45) is 1.74. The molecule has 1 aromatic carbocycles. The van der Waals surface area contributed by atoms with Crippen molar-refractivity contribution >= 4 is 21.6 Å². The fourth-order valence-electron chi connectivity index (χ4n) is 1.54. The van der Waals surface area contributed by atoms with E-state index in [1.54, 1.807) is 29.0 Å². The number of anilines is 1. The van der Waals surface area contributed by atoms with E-state index < -0.39 is 0 Å². The summed E-state index contributed by atoms with van der Waals surface area (Å²) in [4.78, 5) is 11.5. The zero-order valence-corrected chi connectivity index (χ0v) is 11.3. The summed E-state index contributed by atoms with van der Waals surface area (Å²) in [7, 11) is 0. The summed E-state index contributed by atoms with van der Waals surface area (Å²) in [6.45, 7) is 0.910. The average Bonchev–Trinajstić information content (AvgIpc) is 2.34. The highest BCUT2D eigenvalue weighted by molar-refractivity contribution is 9.10. The summed E-state index contributed by atoms with van der Waals surface area (Å²) in [5, 5.41) is 0. The molecule has 0 radical (unpaired) electrons. The molecule has 0 saturated carbocycles. The van der Waals surface area contributed by atoms with Crippen molar-refractivity contribution in [1.29, 1.82) is 0 Å². The number of hydrogen-bond donors (Lipinski definition) is 1. The fourth-order valence-corrected chi connectivity index (χ4v) is 1.92. The maximum atomic E-state index is 11.5. The monoisotopic (exact) mass is 308 g/mol. The van der Waals surface area contributed by atoms with Crippen LogP contribution in [0.3, 0.4) is 0 Å². The first-order valence-corrected chi connectivity index (χ1v) is 6.29. The molecule has 1 heterocycles. The molecule has 0 atom stereocenters. The van der Waals surface area contributed by atoms with E-state index in [1.165, 1.54) is 6.07 Å². The molecule has 0 saturated heterocycles. The van der Waals surface area contributed by atoms with E-state index in [-0.39, 0.29) is 5.56 Å². The van der Waals surface area contributed by atoms with Crippen molar-refractivity contribution in [3.63, 3.8) is 0 Å². The van der Waals surface area contributed by atoms with Crippen LogP contribution in [0.15, 0.2) is 51.9 Å². The van der Waals surface area contributed by atoms with Gasteiger partial charge in [0, 0.05) is 28.5 Å². The lowest BCUT2D eigenvalue weighted by Crippen LogP contribution is -2.21. The molecule has 0 fully saturated rings. The van der Waals surface area contributed by atoms with Crippen molar-refractivity contribution in [3.8, 4) is 5.75 Å². The van der Waals surface area contributed by atoms with E-state index in [0.29, 0.717) is 24.6 Å². The molecule has 0 bridgehead atoms. The number of aromatic nitrogens is 1. The Morgan fingerprint density at radius 2 is 2.11 bits per heavy atom. The van der Waals surface area contributed by atoms with Crippen LogP contribution in [-0.4, -0.2) is 11.2 Å². The topological polar surface area (TPSA) is 57.2 Å².